The summed E-state index contributed by atoms with van der Waals surface area (Å²) in [6.45, 7) is 2.23. The van der Waals surface area contributed by atoms with Gasteiger partial charge in [-0.15, -0.1) is 23.5 Å². The number of aromatic nitrogens is 1. The molecule has 0 radical (unpaired) electrons. The molecule has 78 valence electrons. The molecular weight excluding hydrogens is 210 g/mol. The molecule has 0 saturated heterocycles. The maximum Gasteiger partial charge on any atom is 0.0919 e. The van der Waals surface area contributed by atoms with Crippen LogP contribution in [-0.4, -0.2) is 17.0 Å². The Hall–Kier alpha value is -0.150. The molecule has 0 aromatic carbocycles. The predicted molar refractivity (Wildman–Crippen MR) is 67.9 cm³/mol. The van der Waals surface area contributed by atoms with Crippen molar-refractivity contribution in [2.24, 2.45) is 0 Å². The van der Waals surface area contributed by atoms with Gasteiger partial charge in [-0.2, -0.15) is 0 Å². The molecule has 1 nitrogen and oxygen atoms in total. The summed E-state index contributed by atoms with van der Waals surface area (Å²) < 4.78 is 0.503. The second kappa shape index (κ2) is 7.18. The van der Waals surface area contributed by atoms with E-state index in [1.165, 1.54) is 24.3 Å². The van der Waals surface area contributed by atoms with Gasteiger partial charge in [-0.1, -0.05) is 19.4 Å². The van der Waals surface area contributed by atoms with Crippen LogP contribution in [0.3, 0.4) is 0 Å². The Morgan fingerprint density at radius 2 is 2.29 bits per heavy atom. The van der Waals surface area contributed by atoms with Gasteiger partial charge < -0.3 is 0 Å². The molecule has 0 aliphatic carbocycles. The first-order valence-electron chi connectivity index (χ1n) is 4.93. The smallest absolute Gasteiger partial charge is 0.0919 e. The van der Waals surface area contributed by atoms with E-state index in [-0.39, 0.29) is 0 Å². The normalized spacial score (nSPS) is 12.7. The summed E-state index contributed by atoms with van der Waals surface area (Å²) in [6.07, 6.45) is 6.60. The fourth-order valence-corrected chi connectivity index (χ4v) is 3.32. The van der Waals surface area contributed by atoms with Crippen LogP contribution in [0.1, 0.15) is 30.0 Å². The fourth-order valence-electron chi connectivity index (χ4n) is 1.12. The van der Waals surface area contributed by atoms with Crippen LogP contribution in [0.4, 0.5) is 0 Å². The summed E-state index contributed by atoms with van der Waals surface area (Å²) in [5.74, 6) is 1.23. The van der Waals surface area contributed by atoms with Gasteiger partial charge in [0.05, 0.1) is 10.3 Å². The van der Waals surface area contributed by atoms with Crippen LogP contribution in [0, 0.1) is 0 Å². The van der Waals surface area contributed by atoms with Crippen molar-refractivity contribution in [2.45, 2.75) is 24.3 Å². The standard InChI is InChI=1S/C11H17NS2/c1-3-4-9-14-11(13-2)10-7-5-6-8-12-10/h5-8,11H,3-4,9H2,1-2H3. The van der Waals surface area contributed by atoms with Crippen LogP contribution in [0.25, 0.3) is 0 Å². The van der Waals surface area contributed by atoms with E-state index in [2.05, 4.69) is 30.3 Å². The number of nitrogens with zero attached hydrogens (tertiary/aromatic N) is 1. The van der Waals surface area contributed by atoms with Gasteiger partial charge >= 0.3 is 0 Å². The first-order valence-corrected chi connectivity index (χ1v) is 7.27. The van der Waals surface area contributed by atoms with E-state index in [1.54, 1.807) is 0 Å². The second-order valence-electron chi connectivity index (χ2n) is 3.05. The molecule has 0 amide bonds. The monoisotopic (exact) mass is 227 g/mol. The van der Waals surface area contributed by atoms with Crippen molar-refractivity contribution in [3.05, 3.63) is 30.1 Å². The molecule has 3 heteroatoms. The van der Waals surface area contributed by atoms with Gasteiger partial charge in [-0.3, -0.25) is 4.98 Å². The van der Waals surface area contributed by atoms with E-state index in [4.69, 9.17) is 0 Å². The molecule has 0 aliphatic rings. The summed E-state index contributed by atoms with van der Waals surface area (Å²) in [6, 6.07) is 6.14. The molecule has 1 atom stereocenters. The number of pyridine rings is 1. The maximum atomic E-state index is 4.39. The average molecular weight is 227 g/mol. The molecule has 0 N–H and O–H groups in total. The third-order valence-corrected chi connectivity index (χ3v) is 4.63. The van der Waals surface area contributed by atoms with Crippen molar-refractivity contribution in [2.75, 3.05) is 12.0 Å². The molecule has 1 rings (SSSR count). The van der Waals surface area contributed by atoms with Crippen molar-refractivity contribution in [1.29, 1.82) is 0 Å². The van der Waals surface area contributed by atoms with Crippen LogP contribution in [0.5, 0.6) is 0 Å². The molecular formula is C11H17NS2. The molecule has 1 aromatic heterocycles. The summed E-state index contributed by atoms with van der Waals surface area (Å²) in [7, 11) is 0. The van der Waals surface area contributed by atoms with Gasteiger partial charge in [0.25, 0.3) is 0 Å². The Balaban J connectivity index is 2.46. The Kier molecular flexibility index (Phi) is 6.12. The molecule has 1 unspecified atom stereocenters. The van der Waals surface area contributed by atoms with E-state index in [1.807, 2.05) is 35.8 Å². The molecule has 1 heterocycles. The Morgan fingerprint density at radius 3 is 2.86 bits per heavy atom. The second-order valence-corrected chi connectivity index (χ2v) is 5.50. The molecule has 14 heavy (non-hydrogen) atoms. The van der Waals surface area contributed by atoms with Gasteiger partial charge in [-0.25, -0.2) is 0 Å². The Morgan fingerprint density at radius 1 is 1.43 bits per heavy atom. The highest BCUT2D eigenvalue weighted by atomic mass is 32.2. The van der Waals surface area contributed by atoms with E-state index >= 15 is 0 Å². The van der Waals surface area contributed by atoms with E-state index in [0.717, 1.165) is 0 Å². The van der Waals surface area contributed by atoms with Crippen molar-refractivity contribution in [3.8, 4) is 0 Å². The highest BCUT2D eigenvalue weighted by Crippen LogP contribution is 2.36. The van der Waals surface area contributed by atoms with Gasteiger partial charge in [-0.05, 0) is 30.6 Å². The van der Waals surface area contributed by atoms with Gasteiger partial charge in [0, 0.05) is 6.20 Å². The number of unbranched alkanes of at least 4 members (excludes halogenated alkanes) is 1. The average Bonchev–Trinajstić information content (AvgIpc) is 2.26. The lowest BCUT2D eigenvalue weighted by Crippen LogP contribution is -1.93. The minimum atomic E-state index is 0.503. The summed E-state index contributed by atoms with van der Waals surface area (Å²) in [5.41, 5.74) is 1.20. The van der Waals surface area contributed by atoms with Crippen molar-refractivity contribution in [3.63, 3.8) is 0 Å². The first-order chi connectivity index (χ1) is 6.88. The lowest BCUT2D eigenvalue weighted by molar-refractivity contribution is 0.895. The zero-order valence-electron chi connectivity index (χ0n) is 8.77. The van der Waals surface area contributed by atoms with E-state index in [0.29, 0.717) is 4.58 Å². The molecule has 0 fully saturated rings. The lowest BCUT2D eigenvalue weighted by atomic mass is 10.4. The van der Waals surface area contributed by atoms with Crippen LogP contribution in [0.2, 0.25) is 0 Å². The van der Waals surface area contributed by atoms with Crippen molar-refractivity contribution >= 4 is 23.5 Å². The van der Waals surface area contributed by atoms with Crippen LogP contribution < -0.4 is 0 Å². The number of rotatable bonds is 6. The molecule has 1 aromatic rings. The van der Waals surface area contributed by atoms with E-state index in [9.17, 15) is 0 Å². The van der Waals surface area contributed by atoms with Gasteiger partial charge in [0.1, 0.15) is 0 Å². The Labute approximate surface area is 95.1 Å². The number of hydrogen-bond acceptors (Lipinski definition) is 3. The summed E-state index contributed by atoms with van der Waals surface area (Å²) >= 11 is 3.87. The molecule has 0 spiro atoms. The predicted octanol–water partition coefficient (Wildman–Crippen LogP) is 3.98. The fraction of sp³-hybridized carbons (Fsp3) is 0.545. The first kappa shape index (κ1) is 11.9. The van der Waals surface area contributed by atoms with E-state index < -0.39 is 0 Å². The van der Waals surface area contributed by atoms with Crippen LogP contribution in [0.15, 0.2) is 24.4 Å². The van der Waals surface area contributed by atoms with Crippen LogP contribution in [-0.2, 0) is 0 Å². The lowest BCUT2D eigenvalue weighted by Gasteiger charge is -2.12. The largest absolute Gasteiger partial charge is 0.259 e. The maximum absolute atomic E-state index is 4.39. The Bertz CT molecular complexity index is 238. The summed E-state index contributed by atoms with van der Waals surface area (Å²) in [5, 5.41) is 0. The number of hydrogen-bond donors (Lipinski definition) is 0. The number of thioether (sulfide) groups is 2. The summed E-state index contributed by atoms with van der Waals surface area (Å²) in [4.78, 5) is 4.39. The highest BCUT2D eigenvalue weighted by Gasteiger charge is 2.10. The quantitative estimate of drug-likeness (QED) is 0.539. The van der Waals surface area contributed by atoms with Gasteiger partial charge in [0.2, 0.25) is 0 Å². The minimum Gasteiger partial charge on any atom is -0.259 e. The zero-order chi connectivity index (χ0) is 10.2. The van der Waals surface area contributed by atoms with Gasteiger partial charge in [0.15, 0.2) is 0 Å². The van der Waals surface area contributed by atoms with Crippen LogP contribution >= 0.6 is 23.5 Å². The third kappa shape index (κ3) is 3.93. The molecule has 0 bridgehead atoms. The third-order valence-electron chi connectivity index (χ3n) is 1.91. The highest BCUT2D eigenvalue weighted by molar-refractivity contribution is 8.16. The molecule has 0 saturated carbocycles. The zero-order valence-corrected chi connectivity index (χ0v) is 10.4. The topological polar surface area (TPSA) is 12.9 Å². The van der Waals surface area contributed by atoms with Crippen molar-refractivity contribution in [1.82, 2.24) is 4.98 Å². The van der Waals surface area contributed by atoms with Crippen molar-refractivity contribution < 1.29 is 0 Å². The minimum absolute atomic E-state index is 0.503. The molecule has 0 aliphatic heterocycles. The SMILES string of the molecule is CCCCSC(SC)c1ccccn1.